The second-order valence-corrected chi connectivity index (χ2v) is 9.35. The van der Waals surface area contributed by atoms with Gasteiger partial charge < -0.3 is 10.1 Å². The number of sulfonamides is 1. The second kappa shape index (κ2) is 8.49. The van der Waals surface area contributed by atoms with Crippen molar-refractivity contribution in [2.75, 3.05) is 18.4 Å². The van der Waals surface area contributed by atoms with Crippen LogP contribution in [0.4, 0.5) is 5.82 Å². The Balaban J connectivity index is 1.52. The zero-order valence-corrected chi connectivity index (χ0v) is 16.8. The van der Waals surface area contributed by atoms with Crippen LogP contribution in [0.1, 0.15) is 44.1 Å². The van der Waals surface area contributed by atoms with Gasteiger partial charge in [0.15, 0.2) is 0 Å². The van der Waals surface area contributed by atoms with Crippen LogP contribution in [0.15, 0.2) is 47.5 Å². The number of hydrogen-bond acceptors (Lipinski definition) is 5. The summed E-state index contributed by atoms with van der Waals surface area (Å²) in [5.41, 5.74) is 1.00. The normalized spacial score (nSPS) is 18.4. The van der Waals surface area contributed by atoms with Crippen LogP contribution in [-0.4, -0.2) is 36.9 Å². The third-order valence-corrected chi connectivity index (χ3v) is 7.40. The van der Waals surface area contributed by atoms with Gasteiger partial charge in [0.1, 0.15) is 16.5 Å². The first-order valence-electron chi connectivity index (χ1n) is 10.1. The first kappa shape index (κ1) is 19.2. The van der Waals surface area contributed by atoms with Crippen molar-refractivity contribution in [1.82, 2.24) is 9.29 Å². The molecule has 150 valence electrons. The highest BCUT2D eigenvalue weighted by Crippen LogP contribution is 2.29. The summed E-state index contributed by atoms with van der Waals surface area (Å²) in [5, 5.41) is 3.23. The molecule has 4 rings (SSSR count). The van der Waals surface area contributed by atoms with Crippen molar-refractivity contribution in [2.45, 2.75) is 56.1 Å². The molecule has 28 heavy (non-hydrogen) atoms. The van der Waals surface area contributed by atoms with Crippen molar-refractivity contribution in [3.05, 3.63) is 48.2 Å². The van der Waals surface area contributed by atoms with Crippen molar-refractivity contribution in [2.24, 2.45) is 0 Å². The molecular formula is C21H27N3O3S. The highest BCUT2D eigenvalue weighted by atomic mass is 32.2. The predicted molar refractivity (Wildman–Crippen MR) is 109 cm³/mol. The van der Waals surface area contributed by atoms with Gasteiger partial charge >= 0.3 is 0 Å². The van der Waals surface area contributed by atoms with E-state index in [-0.39, 0.29) is 4.90 Å². The summed E-state index contributed by atoms with van der Waals surface area (Å²) in [6.07, 6.45) is 8.24. The van der Waals surface area contributed by atoms with Crippen molar-refractivity contribution in [1.29, 1.82) is 0 Å². The van der Waals surface area contributed by atoms with Crippen LogP contribution in [0.3, 0.4) is 0 Å². The number of hydrogen-bond donors (Lipinski definition) is 1. The lowest BCUT2D eigenvalue weighted by molar-refractivity contribution is 0.119. The van der Waals surface area contributed by atoms with E-state index in [1.54, 1.807) is 22.6 Å². The first-order chi connectivity index (χ1) is 13.6. The number of piperidine rings is 1. The zero-order chi connectivity index (χ0) is 19.4. The van der Waals surface area contributed by atoms with E-state index >= 15 is 0 Å². The molecule has 1 aromatic heterocycles. The summed E-state index contributed by atoms with van der Waals surface area (Å²) in [7, 11) is -3.54. The summed E-state index contributed by atoms with van der Waals surface area (Å²) in [4.78, 5) is 4.56. The number of nitrogens with zero attached hydrogens (tertiary/aromatic N) is 2. The number of aromatic nitrogens is 1. The Morgan fingerprint density at radius 2 is 1.82 bits per heavy atom. The molecule has 1 aromatic carbocycles. The van der Waals surface area contributed by atoms with E-state index in [9.17, 15) is 8.42 Å². The quantitative estimate of drug-likeness (QED) is 0.764. The van der Waals surface area contributed by atoms with Gasteiger partial charge in [-0.15, -0.1) is 0 Å². The third kappa shape index (κ3) is 4.15. The van der Waals surface area contributed by atoms with Gasteiger partial charge in [-0.3, -0.25) is 0 Å². The number of pyridine rings is 1. The van der Waals surface area contributed by atoms with Gasteiger partial charge in [0.2, 0.25) is 10.0 Å². The average molecular weight is 402 g/mol. The van der Waals surface area contributed by atoms with Gasteiger partial charge in [0.25, 0.3) is 0 Å². The molecule has 2 heterocycles. The molecule has 0 radical (unpaired) electrons. The smallest absolute Gasteiger partial charge is 0.246 e. The average Bonchev–Trinajstić information content (AvgIpc) is 2.70. The minimum atomic E-state index is -3.54. The van der Waals surface area contributed by atoms with E-state index in [1.165, 1.54) is 6.42 Å². The Hall–Kier alpha value is -2.12. The third-order valence-electron chi connectivity index (χ3n) is 5.47. The molecule has 2 aliphatic rings. The zero-order valence-electron chi connectivity index (χ0n) is 16.0. The maximum absolute atomic E-state index is 13.1. The van der Waals surface area contributed by atoms with E-state index in [0.29, 0.717) is 31.6 Å². The molecule has 0 unspecified atom stereocenters. The summed E-state index contributed by atoms with van der Waals surface area (Å²) in [6.45, 7) is 1.62. The largest absolute Gasteiger partial charge is 0.490 e. The van der Waals surface area contributed by atoms with E-state index in [0.717, 1.165) is 43.4 Å². The molecular weight excluding hydrogens is 374 g/mol. The molecule has 7 heteroatoms. The van der Waals surface area contributed by atoms with E-state index in [4.69, 9.17) is 4.74 Å². The number of ether oxygens (including phenoxy) is 1. The lowest BCUT2D eigenvalue weighted by atomic mass is 9.96. The van der Waals surface area contributed by atoms with Crippen LogP contribution >= 0.6 is 0 Å². The van der Waals surface area contributed by atoms with Crippen molar-refractivity contribution < 1.29 is 13.2 Å². The number of benzene rings is 1. The molecule has 1 aliphatic carbocycles. The van der Waals surface area contributed by atoms with Gasteiger partial charge in [-0.25, -0.2) is 13.4 Å². The van der Waals surface area contributed by atoms with Gasteiger partial charge in [-0.2, -0.15) is 4.31 Å². The summed E-state index contributed by atoms with van der Waals surface area (Å²) < 4.78 is 33.9. The van der Waals surface area contributed by atoms with Crippen LogP contribution in [0, 0.1) is 0 Å². The van der Waals surface area contributed by atoms with Gasteiger partial charge in [-0.1, -0.05) is 24.6 Å². The summed E-state index contributed by atoms with van der Waals surface area (Å²) in [5.74, 6) is 1.25. The molecule has 2 fully saturated rings. The fraction of sp³-hybridized carbons (Fsp3) is 0.476. The van der Waals surface area contributed by atoms with Crippen LogP contribution in [0.25, 0.3) is 0 Å². The number of nitrogens with one attached hydrogen (secondary N) is 1. The lowest BCUT2D eigenvalue weighted by Gasteiger charge is -2.28. The minimum Gasteiger partial charge on any atom is -0.490 e. The fourth-order valence-corrected chi connectivity index (χ4v) is 5.22. The SMILES string of the molecule is O=S(=O)(c1cccnc1NCc1ccccc1OC1CCC1)N1CCCCC1. The Bertz CT molecular complexity index is 907. The Morgan fingerprint density at radius 1 is 1.04 bits per heavy atom. The number of rotatable bonds is 7. The second-order valence-electron chi connectivity index (χ2n) is 7.45. The fourth-order valence-electron chi connectivity index (χ4n) is 3.59. The van der Waals surface area contributed by atoms with Gasteiger partial charge in [0.05, 0.1) is 6.10 Å². The molecule has 1 saturated heterocycles. The summed E-state index contributed by atoms with van der Waals surface area (Å²) >= 11 is 0. The van der Waals surface area contributed by atoms with Gasteiger partial charge in [0, 0.05) is 31.4 Å². The molecule has 1 aliphatic heterocycles. The summed E-state index contributed by atoms with van der Waals surface area (Å²) in [6, 6.07) is 11.2. The molecule has 0 spiro atoms. The maximum atomic E-state index is 13.1. The predicted octanol–water partition coefficient (Wildman–Crippen LogP) is 3.80. The van der Waals surface area contributed by atoms with E-state index < -0.39 is 10.0 Å². The number of para-hydroxylation sites is 1. The maximum Gasteiger partial charge on any atom is 0.246 e. The molecule has 0 bridgehead atoms. The minimum absolute atomic E-state index is 0.245. The Morgan fingerprint density at radius 3 is 2.57 bits per heavy atom. The molecule has 6 nitrogen and oxygen atoms in total. The molecule has 1 N–H and O–H groups in total. The van der Waals surface area contributed by atoms with Crippen molar-refractivity contribution in [3.8, 4) is 5.75 Å². The monoisotopic (exact) mass is 401 g/mol. The van der Waals surface area contributed by atoms with Crippen molar-refractivity contribution in [3.63, 3.8) is 0 Å². The van der Waals surface area contributed by atoms with Crippen molar-refractivity contribution >= 4 is 15.8 Å². The van der Waals surface area contributed by atoms with Crippen LogP contribution in [0.2, 0.25) is 0 Å². The lowest BCUT2D eigenvalue weighted by Crippen LogP contribution is -2.36. The van der Waals surface area contributed by atoms with E-state index in [1.807, 2.05) is 24.3 Å². The first-order valence-corrected chi connectivity index (χ1v) is 11.5. The molecule has 1 saturated carbocycles. The topological polar surface area (TPSA) is 71.5 Å². The standard InChI is InChI=1S/C21H27N3O3S/c25-28(26,24-14-4-1-5-15-24)20-12-7-13-22-21(20)23-16-17-8-2-3-11-19(17)27-18-9-6-10-18/h2-3,7-8,11-13,18H,1,4-6,9-10,14-16H2,(H,22,23). The van der Waals surface area contributed by atoms with E-state index in [2.05, 4.69) is 10.3 Å². The van der Waals surface area contributed by atoms with Crippen LogP contribution < -0.4 is 10.1 Å². The Labute approximate surface area is 167 Å². The highest BCUT2D eigenvalue weighted by molar-refractivity contribution is 7.89. The molecule has 2 aromatic rings. The molecule has 0 amide bonds. The number of anilines is 1. The van der Waals surface area contributed by atoms with Gasteiger partial charge in [-0.05, 0) is 50.3 Å². The van der Waals surface area contributed by atoms with Crippen LogP contribution in [0.5, 0.6) is 5.75 Å². The van der Waals surface area contributed by atoms with Crippen LogP contribution in [-0.2, 0) is 16.6 Å². The molecule has 0 atom stereocenters. The Kier molecular flexibility index (Phi) is 5.82. The highest BCUT2D eigenvalue weighted by Gasteiger charge is 2.28.